The molecule has 1 amide bonds. The summed E-state index contributed by atoms with van der Waals surface area (Å²) in [5.41, 5.74) is 0.913. The lowest BCUT2D eigenvalue weighted by molar-refractivity contribution is 0.0949. The van der Waals surface area contributed by atoms with Gasteiger partial charge in [0.1, 0.15) is 23.3 Å². The number of amides is 1. The van der Waals surface area contributed by atoms with Gasteiger partial charge < -0.3 is 5.32 Å². The average molecular weight is 269 g/mol. The van der Waals surface area contributed by atoms with E-state index < -0.39 is 0 Å². The van der Waals surface area contributed by atoms with Crippen molar-refractivity contribution >= 4 is 5.91 Å². The summed E-state index contributed by atoms with van der Waals surface area (Å²) >= 11 is 0. The number of carbonyl (C=O) groups excluding carboxylic acids is 1. The van der Waals surface area contributed by atoms with Gasteiger partial charge in [-0.15, -0.1) is 0 Å². The molecule has 4 nitrogen and oxygen atoms in total. The summed E-state index contributed by atoms with van der Waals surface area (Å²) in [6.07, 6.45) is 0.399. The lowest BCUT2D eigenvalue weighted by atomic mass is 10.1. The van der Waals surface area contributed by atoms with E-state index in [0.29, 0.717) is 18.5 Å². The van der Waals surface area contributed by atoms with Gasteiger partial charge in [-0.1, -0.05) is 24.3 Å². The van der Waals surface area contributed by atoms with Crippen molar-refractivity contribution in [1.29, 1.82) is 5.26 Å². The minimum absolute atomic E-state index is 0.178. The molecule has 0 atom stereocenters. The number of nitriles is 1. The number of aromatic nitrogens is 1. The number of benzene rings is 1. The Hall–Kier alpha value is -2.74. The molecule has 0 saturated carbocycles. The molecule has 2 rings (SSSR count). The van der Waals surface area contributed by atoms with Gasteiger partial charge in [-0.3, -0.25) is 4.79 Å². The molecule has 0 fully saturated rings. The Morgan fingerprint density at radius 2 is 2.05 bits per heavy atom. The molecule has 0 aliphatic heterocycles. The quantitative estimate of drug-likeness (QED) is 0.924. The standard InChI is InChI=1S/C15H12FN3O/c16-13-6-2-1-4-11(13)8-9-18-15(20)14-7-3-5-12(10-17)19-14/h1-7H,8-9H2,(H,18,20). The molecule has 1 aromatic heterocycles. The lowest BCUT2D eigenvalue weighted by Gasteiger charge is -2.05. The van der Waals surface area contributed by atoms with Gasteiger partial charge in [0.05, 0.1) is 0 Å². The van der Waals surface area contributed by atoms with Crippen molar-refractivity contribution in [1.82, 2.24) is 10.3 Å². The fraction of sp³-hybridized carbons (Fsp3) is 0.133. The Kier molecular flexibility index (Phi) is 4.40. The fourth-order valence-corrected chi connectivity index (χ4v) is 1.73. The minimum Gasteiger partial charge on any atom is -0.350 e. The first-order chi connectivity index (χ1) is 9.70. The molecular weight excluding hydrogens is 257 g/mol. The van der Waals surface area contributed by atoms with E-state index in [1.54, 1.807) is 24.3 Å². The summed E-state index contributed by atoms with van der Waals surface area (Å²) in [5.74, 6) is -0.662. The van der Waals surface area contributed by atoms with Gasteiger partial charge >= 0.3 is 0 Å². The average Bonchev–Trinajstić information content (AvgIpc) is 2.49. The molecule has 0 aliphatic carbocycles. The maximum absolute atomic E-state index is 13.4. The molecule has 0 saturated heterocycles. The van der Waals surface area contributed by atoms with Crippen LogP contribution in [0.25, 0.3) is 0 Å². The van der Waals surface area contributed by atoms with Gasteiger partial charge in [0.2, 0.25) is 0 Å². The van der Waals surface area contributed by atoms with Crippen molar-refractivity contribution in [3.8, 4) is 6.07 Å². The Bertz CT molecular complexity index is 664. The number of rotatable bonds is 4. The van der Waals surface area contributed by atoms with E-state index in [4.69, 9.17) is 5.26 Å². The number of carbonyl (C=O) groups is 1. The van der Waals surface area contributed by atoms with Gasteiger partial charge in [0.15, 0.2) is 0 Å². The zero-order valence-electron chi connectivity index (χ0n) is 10.6. The van der Waals surface area contributed by atoms with Crippen molar-refractivity contribution in [3.63, 3.8) is 0 Å². The first kappa shape index (κ1) is 13.7. The molecule has 100 valence electrons. The Morgan fingerprint density at radius 1 is 1.25 bits per heavy atom. The molecule has 0 spiro atoms. The van der Waals surface area contributed by atoms with E-state index >= 15 is 0 Å². The molecule has 20 heavy (non-hydrogen) atoms. The first-order valence-electron chi connectivity index (χ1n) is 6.09. The van der Waals surface area contributed by atoms with E-state index in [1.807, 2.05) is 6.07 Å². The Morgan fingerprint density at radius 3 is 2.80 bits per heavy atom. The summed E-state index contributed by atoms with van der Waals surface area (Å²) in [7, 11) is 0. The molecule has 2 aromatic rings. The monoisotopic (exact) mass is 269 g/mol. The molecular formula is C15H12FN3O. The van der Waals surface area contributed by atoms with Crippen LogP contribution in [0.4, 0.5) is 4.39 Å². The van der Waals surface area contributed by atoms with Gasteiger partial charge in [-0.2, -0.15) is 5.26 Å². The van der Waals surface area contributed by atoms with E-state index in [-0.39, 0.29) is 23.1 Å². The summed E-state index contributed by atoms with van der Waals surface area (Å²) in [6, 6.07) is 12.9. The maximum Gasteiger partial charge on any atom is 0.269 e. The normalized spacial score (nSPS) is 9.80. The van der Waals surface area contributed by atoms with Crippen LogP contribution in [-0.4, -0.2) is 17.4 Å². The molecule has 1 heterocycles. The highest BCUT2D eigenvalue weighted by atomic mass is 19.1. The van der Waals surface area contributed by atoms with E-state index in [2.05, 4.69) is 10.3 Å². The SMILES string of the molecule is N#Cc1cccc(C(=O)NCCc2ccccc2F)n1. The predicted molar refractivity (Wildman–Crippen MR) is 71.4 cm³/mol. The third-order valence-corrected chi connectivity index (χ3v) is 2.73. The smallest absolute Gasteiger partial charge is 0.269 e. The zero-order chi connectivity index (χ0) is 14.4. The van der Waals surface area contributed by atoms with Gasteiger partial charge in [-0.05, 0) is 30.2 Å². The lowest BCUT2D eigenvalue weighted by Crippen LogP contribution is -2.26. The second-order valence-electron chi connectivity index (χ2n) is 4.12. The molecule has 0 radical (unpaired) electrons. The summed E-state index contributed by atoms with van der Waals surface area (Å²) in [6.45, 7) is 0.304. The Balaban J connectivity index is 1.93. The van der Waals surface area contributed by atoms with E-state index in [9.17, 15) is 9.18 Å². The highest BCUT2D eigenvalue weighted by molar-refractivity contribution is 5.92. The predicted octanol–water partition coefficient (Wildman–Crippen LogP) is 2.06. The Labute approximate surface area is 115 Å². The summed E-state index contributed by atoms with van der Waals surface area (Å²) in [5, 5.41) is 11.4. The molecule has 0 aliphatic rings. The molecule has 1 aromatic carbocycles. The van der Waals surface area contributed by atoms with Crippen LogP contribution >= 0.6 is 0 Å². The third kappa shape index (κ3) is 3.39. The topological polar surface area (TPSA) is 65.8 Å². The zero-order valence-corrected chi connectivity index (χ0v) is 10.6. The minimum atomic E-state index is -0.376. The van der Waals surface area contributed by atoms with Gasteiger partial charge in [0.25, 0.3) is 5.91 Å². The van der Waals surface area contributed by atoms with Crippen LogP contribution < -0.4 is 5.32 Å². The molecule has 0 bridgehead atoms. The van der Waals surface area contributed by atoms with Gasteiger partial charge in [-0.25, -0.2) is 9.37 Å². The number of halogens is 1. The maximum atomic E-state index is 13.4. The van der Waals surface area contributed by atoms with Crippen LogP contribution in [0.1, 0.15) is 21.7 Å². The van der Waals surface area contributed by atoms with E-state index in [1.165, 1.54) is 18.2 Å². The van der Waals surface area contributed by atoms with Crippen molar-refractivity contribution in [2.45, 2.75) is 6.42 Å². The third-order valence-electron chi connectivity index (χ3n) is 2.73. The highest BCUT2D eigenvalue weighted by Gasteiger charge is 2.08. The largest absolute Gasteiger partial charge is 0.350 e. The second-order valence-corrected chi connectivity index (χ2v) is 4.12. The van der Waals surface area contributed by atoms with Crippen LogP contribution in [0.2, 0.25) is 0 Å². The number of hydrogen-bond acceptors (Lipinski definition) is 3. The number of nitrogens with one attached hydrogen (secondary N) is 1. The molecule has 5 heteroatoms. The van der Waals surface area contributed by atoms with Crippen molar-refractivity contribution in [3.05, 3.63) is 65.2 Å². The summed E-state index contributed by atoms with van der Waals surface area (Å²) in [4.78, 5) is 15.7. The van der Waals surface area contributed by atoms with Crippen molar-refractivity contribution < 1.29 is 9.18 Å². The second kappa shape index (κ2) is 6.43. The van der Waals surface area contributed by atoms with Crippen LogP contribution in [0, 0.1) is 17.1 Å². The van der Waals surface area contributed by atoms with Crippen molar-refractivity contribution in [2.24, 2.45) is 0 Å². The number of hydrogen-bond donors (Lipinski definition) is 1. The fourth-order valence-electron chi connectivity index (χ4n) is 1.73. The van der Waals surface area contributed by atoms with E-state index in [0.717, 1.165) is 0 Å². The van der Waals surface area contributed by atoms with Gasteiger partial charge in [0, 0.05) is 6.54 Å². The molecule has 0 unspecified atom stereocenters. The van der Waals surface area contributed by atoms with Crippen LogP contribution in [0.5, 0.6) is 0 Å². The van der Waals surface area contributed by atoms with Crippen LogP contribution in [0.15, 0.2) is 42.5 Å². The number of pyridine rings is 1. The molecule has 1 N–H and O–H groups in total. The van der Waals surface area contributed by atoms with Crippen LogP contribution in [0.3, 0.4) is 0 Å². The van der Waals surface area contributed by atoms with Crippen molar-refractivity contribution in [2.75, 3.05) is 6.54 Å². The first-order valence-corrected chi connectivity index (χ1v) is 6.09. The van der Waals surface area contributed by atoms with Crippen LogP contribution in [-0.2, 0) is 6.42 Å². The summed E-state index contributed by atoms with van der Waals surface area (Å²) < 4.78 is 13.4. The number of nitrogens with zero attached hydrogens (tertiary/aromatic N) is 2. The highest BCUT2D eigenvalue weighted by Crippen LogP contribution is 2.06.